The van der Waals surface area contributed by atoms with Crippen molar-refractivity contribution in [3.8, 4) is 0 Å². The monoisotopic (exact) mass is 290 g/mol. The Morgan fingerprint density at radius 1 is 1.82 bits per heavy atom. The van der Waals surface area contributed by atoms with Crippen molar-refractivity contribution >= 4 is 12.3 Å². The molecular weight excluding hydrogens is 278 g/mol. The number of carbonyl (C=O) groups excluding carboxylic acids is 2. The van der Waals surface area contributed by atoms with Crippen LogP contribution < -0.4 is 11.5 Å². The number of hydrogen-bond donors (Lipinski definition) is 3. The number of H-pyrrole nitrogens is 1. The maximum absolute atomic E-state index is 11.5. The second-order valence-corrected chi connectivity index (χ2v) is 8.53. The molecule has 0 aliphatic rings. The SMILES string of the molecule is C[C@](N)(C=O)[Zn][O]C(=O)[C@@H](N)Cc1cnc[nH]1. The van der Waals surface area contributed by atoms with Crippen LogP contribution in [0, 0.1) is 0 Å². The van der Waals surface area contributed by atoms with Crippen molar-refractivity contribution in [3.63, 3.8) is 0 Å². The third-order valence-electron chi connectivity index (χ3n) is 2.09. The Hall–Kier alpha value is -1.11. The van der Waals surface area contributed by atoms with Gasteiger partial charge >= 0.3 is 106 Å². The van der Waals surface area contributed by atoms with Crippen LogP contribution in [0.3, 0.4) is 0 Å². The molecule has 8 heteroatoms. The van der Waals surface area contributed by atoms with Gasteiger partial charge in [-0.05, 0) is 0 Å². The summed E-state index contributed by atoms with van der Waals surface area (Å²) in [5.41, 5.74) is 12.0. The first kappa shape index (κ1) is 14.0. The van der Waals surface area contributed by atoms with Crippen molar-refractivity contribution in [3.05, 3.63) is 18.2 Å². The zero-order chi connectivity index (χ0) is 12.9. The first-order chi connectivity index (χ1) is 7.94. The van der Waals surface area contributed by atoms with Crippen LogP contribution in [0.5, 0.6) is 0 Å². The van der Waals surface area contributed by atoms with Gasteiger partial charge in [-0.1, -0.05) is 0 Å². The molecule has 90 valence electrons. The summed E-state index contributed by atoms with van der Waals surface area (Å²) < 4.78 is 4.05. The molecule has 0 unspecified atom stereocenters. The van der Waals surface area contributed by atoms with Crippen LogP contribution >= 0.6 is 0 Å². The third-order valence-corrected chi connectivity index (χ3v) is 4.65. The molecule has 1 rings (SSSR count). The molecule has 1 heterocycles. The third kappa shape index (κ3) is 4.72. The molecular formula is C9H14N4O3Zn. The standard InChI is InChI=1S/C6H9N3O2.C3H6NO.Zn/c7-5(6(10)11)1-4-2-8-3-9-4;1-3(4)2-5;/h2-3,5H,1,7H2,(H,8,9)(H,10,11);2H,4H2,1H3;/q;;+1/p-1/t5-;;/m0../s1. The molecule has 0 radical (unpaired) electrons. The van der Waals surface area contributed by atoms with Gasteiger partial charge in [0, 0.05) is 0 Å². The summed E-state index contributed by atoms with van der Waals surface area (Å²) in [6, 6.07) is -0.761. The van der Waals surface area contributed by atoms with Crippen molar-refractivity contribution in [2.75, 3.05) is 0 Å². The van der Waals surface area contributed by atoms with Gasteiger partial charge in [-0.3, -0.25) is 0 Å². The van der Waals surface area contributed by atoms with Gasteiger partial charge in [-0.25, -0.2) is 0 Å². The van der Waals surface area contributed by atoms with Crippen LogP contribution in [0.15, 0.2) is 12.5 Å². The summed E-state index contributed by atoms with van der Waals surface area (Å²) in [5, 5.41) is 0. The Balaban J connectivity index is 2.40. The van der Waals surface area contributed by atoms with Crippen LogP contribution in [0.1, 0.15) is 12.6 Å². The fourth-order valence-electron chi connectivity index (χ4n) is 1.08. The van der Waals surface area contributed by atoms with E-state index in [1.54, 1.807) is 13.1 Å². The minimum absolute atomic E-state index is 0.323. The van der Waals surface area contributed by atoms with E-state index in [-0.39, 0.29) is 0 Å². The van der Waals surface area contributed by atoms with Crippen LogP contribution in [0.25, 0.3) is 0 Å². The van der Waals surface area contributed by atoms with E-state index >= 15 is 0 Å². The number of nitrogens with zero attached hydrogens (tertiary/aromatic N) is 1. The second kappa shape index (κ2) is 6.00. The summed E-state index contributed by atoms with van der Waals surface area (Å²) in [6.45, 7) is 1.55. The predicted molar refractivity (Wildman–Crippen MR) is 55.0 cm³/mol. The van der Waals surface area contributed by atoms with Crippen molar-refractivity contribution in [2.24, 2.45) is 11.5 Å². The van der Waals surface area contributed by atoms with E-state index in [2.05, 4.69) is 9.97 Å². The Morgan fingerprint density at radius 2 is 2.53 bits per heavy atom. The molecule has 0 bridgehead atoms. The molecule has 0 fully saturated rings. The van der Waals surface area contributed by atoms with Gasteiger partial charge in [0.15, 0.2) is 0 Å². The Labute approximate surface area is 106 Å². The number of nitrogens with one attached hydrogen (secondary N) is 1. The zero-order valence-corrected chi connectivity index (χ0v) is 12.5. The van der Waals surface area contributed by atoms with Crippen LogP contribution in [0.2, 0.25) is 0 Å². The fourth-order valence-corrected chi connectivity index (χ4v) is 2.63. The van der Waals surface area contributed by atoms with E-state index in [1.807, 2.05) is 0 Å². The predicted octanol–water partition coefficient (Wildman–Crippen LogP) is -1.31. The van der Waals surface area contributed by atoms with Gasteiger partial charge in [-0.2, -0.15) is 0 Å². The molecule has 1 aromatic rings. The molecule has 0 amide bonds. The number of aromatic nitrogens is 2. The van der Waals surface area contributed by atoms with Gasteiger partial charge < -0.3 is 0 Å². The number of carbonyl (C=O) groups is 2. The summed E-state index contributed by atoms with van der Waals surface area (Å²) in [7, 11) is 0. The number of aromatic amines is 1. The molecule has 0 saturated carbocycles. The molecule has 2 atom stereocenters. The number of hydrogen-bond acceptors (Lipinski definition) is 6. The first-order valence-electron chi connectivity index (χ1n) is 5.09. The van der Waals surface area contributed by atoms with E-state index in [0.29, 0.717) is 12.7 Å². The van der Waals surface area contributed by atoms with Crippen molar-refractivity contribution in [1.29, 1.82) is 0 Å². The maximum atomic E-state index is 11.5. The van der Waals surface area contributed by atoms with Gasteiger partial charge in [0.05, 0.1) is 0 Å². The normalized spacial score (nSPS) is 15.5. The Kier molecular flexibility index (Phi) is 4.92. The topological polar surface area (TPSA) is 124 Å². The number of aldehydes is 1. The van der Waals surface area contributed by atoms with Crippen LogP contribution in [-0.4, -0.2) is 32.4 Å². The summed E-state index contributed by atoms with van der Waals surface area (Å²) >= 11 is -1.92. The molecule has 17 heavy (non-hydrogen) atoms. The quantitative estimate of drug-likeness (QED) is 0.442. The van der Waals surface area contributed by atoms with Crippen molar-refractivity contribution < 1.29 is 30.6 Å². The average Bonchev–Trinajstić information content (AvgIpc) is 2.78. The first-order valence-corrected chi connectivity index (χ1v) is 7.79. The summed E-state index contributed by atoms with van der Waals surface area (Å²) in [6.07, 6.45) is 4.03. The van der Waals surface area contributed by atoms with Gasteiger partial charge in [0.1, 0.15) is 0 Å². The number of nitrogens with two attached hydrogens (primary N) is 2. The molecule has 0 aromatic carbocycles. The number of rotatable bonds is 6. The minimum atomic E-state index is -1.92. The molecule has 0 spiro atoms. The van der Waals surface area contributed by atoms with E-state index < -0.39 is 33.6 Å². The Morgan fingerprint density at radius 3 is 3.06 bits per heavy atom. The van der Waals surface area contributed by atoms with E-state index in [1.165, 1.54) is 6.33 Å². The molecule has 7 nitrogen and oxygen atoms in total. The van der Waals surface area contributed by atoms with Gasteiger partial charge in [-0.15, -0.1) is 0 Å². The van der Waals surface area contributed by atoms with Gasteiger partial charge in [0.25, 0.3) is 0 Å². The average molecular weight is 292 g/mol. The van der Waals surface area contributed by atoms with Gasteiger partial charge in [0.2, 0.25) is 0 Å². The van der Waals surface area contributed by atoms with Crippen molar-refractivity contribution in [1.82, 2.24) is 9.97 Å². The van der Waals surface area contributed by atoms with Crippen molar-refractivity contribution in [2.45, 2.75) is 23.5 Å². The van der Waals surface area contributed by atoms with E-state index in [9.17, 15) is 9.59 Å². The van der Waals surface area contributed by atoms with Crippen LogP contribution in [0.4, 0.5) is 0 Å². The second-order valence-electron chi connectivity index (χ2n) is 4.12. The van der Waals surface area contributed by atoms with E-state index in [0.717, 1.165) is 5.69 Å². The fraction of sp³-hybridized carbons (Fsp3) is 0.444. The summed E-state index contributed by atoms with van der Waals surface area (Å²) in [4.78, 5) is 28.7. The molecule has 0 saturated heterocycles. The van der Waals surface area contributed by atoms with E-state index in [4.69, 9.17) is 15.0 Å². The zero-order valence-electron chi connectivity index (χ0n) is 9.55. The molecule has 0 aliphatic carbocycles. The summed E-state index contributed by atoms with van der Waals surface area (Å²) in [5.74, 6) is -0.516. The molecule has 5 N–H and O–H groups in total. The Bertz CT molecular complexity index is 380. The number of imidazole rings is 1. The van der Waals surface area contributed by atoms with Crippen LogP contribution in [-0.2, 0) is 37.1 Å². The molecule has 1 aromatic heterocycles. The molecule has 0 aliphatic heterocycles.